The minimum absolute atomic E-state index is 0.0813. The molecule has 0 unspecified atom stereocenters. The smallest absolute Gasteiger partial charge is 0.159 e. The zero-order valence-electron chi connectivity index (χ0n) is 8.86. The fourth-order valence-corrected chi connectivity index (χ4v) is 1.84. The highest BCUT2D eigenvalue weighted by molar-refractivity contribution is 7.10. The summed E-state index contributed by atoms with van der Waals surface area (Å²) in [7, 11) is 0. The summed E-state index contributed by atoms with van der Waals surface area (Å²) in [6.45, 7) is 1.56. The van der Waals surface area contributed by atoms with Crippen LogP contribution in [-0.4, -0.2) is 5.78 Å². The second-order valence-corrected chi connectivity index (χ2v) is 4.31. The molecule has 2 heteroatoms. The van der Waals surface area contributed by atoms with E-state index in [1.165, 1.54) is 0 Å². The fraction of sp³-hybridized carbons (Fsp3) is 0.0714. The van der Waals surface area contributed by atoms with Crippen LogP contribution in [0, 0.1) is 11.8 Å². The third-order valence-electron chi connectivity index (χ3n) is 2.14. The molecule has 0 amide bonds. The first-order valence-corrected chi connectivity index (χ1v) is 5.80. The van der Waals surface area contributed by atoms with Gasteiger partial charge < -0.3 is 0 Å². The Hall–Kier alpha value is -1.85. The van der Waals surface area contributed by atoms with Crippen LogP contribution in [0.3, 0.4) is 0 Å². The molecular formula is C14H10OS. The average Bonchev–Trinajstić information content (AvgIpc) is 2.80. The van der Waals surface area contributed by atoms with Crippen molar-refractivity contribution in [1.29, 1.82) is 0 Å². The maximum Gasteiger partial charge on any atom is 0.159 e. The van der Waals surface area contributed by atoms with E-state index in [-0.39, 0.29) is 5.78 Å². The second kappa shape index (κ2) is 4.78. The van der Waals surface area contributed by atoms with E-state index in [0.29, 0.717) is 0 Å². The van der Waals surface area contributed by atoms with Gasteiger partial charge in [0.1, 0.15) is 0 Å². The maximum absolute atomic E-state index is 11.1. The van der Waals surface area contributed by atoms with Crippen LogP contribution in [0.2, 0.25) is 0 Å². The first kappa shape index (κ1) is 10.7. The summed E-state index contributed by atoms with van der Waals surface area (Å²) in [6, 6.07) is 11.3. The summed E-state index contributed by atoms with van der Waals surface area (Å²) in [4.78, 5) is 12.1. The zero-order chi connectivity index (χ0) is 11.4. The molecule has 1 nitrogen and oxygen atoms in total. The summed E-state index contributed by atoms with van der Waals surface area (Å²) < 4.78 is 0. The van der Waals surface area contributed by atoms with E-state index in [4.69, 9.17) is 0 Å². The number of thiophene rings is 1. The minimum atomic E-state index is 0.0813. The normalized spacial score (nSPS) is 9.31. The molecule has 78 valence electrons. The summed E-state index contributed by atoms with van der Waals surface area (Å²) in [5.41, 5.74) is 1.65. The number of carbonyl (C=O) groups is 1. The van der Waals surface area contributed by atoms with E-state index < -0.39 is 0 Å². The quantitative estimate of drug-likeness (QED) is 0.538. The Labute approximate surface area is 98.7 Å². The average molecular weight is 226 g/mol. The lowest BCUT2D eigenvalue weighted by Crippen LogP contribution is -1.90. The van der Waals surface area contributed by atoms with Gasteiger partial charge in [-0.25, -0.2) is 0 Å². The minimum Gasteiger partial charge on any atom is -0.295 e. The number of Topliss-reactive ketones (excluding diaryl/α,β-unsaturated/α-hetero) is 1. The van der Waals surface area contributed by atoms with Crippen molar-refractivity contribution in [3.8, 4) is 11.8 Å². The Morgan fingerprint density at radius 1 is 1.12 bits per heavy atom. The van der Waals surface area contributed by atoms with Gasteiger partial charge in [-0.2, -0.15) is 0 Å². The van der Waals surface area contributed by atoms with Crippen LogP contribution in [-0.2, 0) is 0 Å². The Balaban J connectivity index is 2.20. The van der Waals surface area contributed by atoms with Crippen molar-refractivity contribution < 1.29 is 4.79 Å². The van der Waals surface area contributed by atoms with Crippen molar-refractivity contribution in [1.82, 2.24) is 0 Å². The highest BCUT2D eigenvalue weighted by Crippen LogP contribution is 2.07. The van der Waals surface area contributed by atoms with Gasteiger partial charge in [0.25, 0.3) is 0 Å². The Morgan fingerprint density at radius 3 is 2.44 bits per heavy atom. The van der Waals surface area contributed by atoms with Crippen LogP contribution in [0.15, 0.2) is 41.8 Å². The van der Waals surface area contributed by atoms with Gasteiger partial charge in [0.15, 0.2) is 5.78 Å². The van der Waals surface area contributed by atoms with Crippen molar-refractivity contribution >= 4 is 17.1 Å². The first-order chi connectivity index (χ1) is 7.75. The van der Waals surface area contributed by atoms with Gasteiger partial charge >= 0.3 is 0 Å². The molecule has 1 aromatic carbocycles. The van der Waals surface area contributed by atoms with Gasteiger partial charge in [0.05, 0.1) is 4.88 Å². The van der Waals surface area contributed by atoms with E-state index in [0.717, 1.165) is 16.0 Å². The molecule has 0 saturated heterocycles. The third-order valence-corrected chi connectivity index (χ3v) is 2.93. The van der Waals surface area contributed by atoms with Crippen molar-refractivity contribution in [2.75, 3.05) is 0 Å². The number of ketones is 1. The molecule has 0 aliphatic rings. The fourth-order valence-electron chi connectivity index (χ4n) is 1.27. The van der Waals surface area contributed by atoms with Crippen molar-refractivity contribution in [3.63, 3.8) is 0 Å². The van der Waals surface area contributed by atoms with Gasteiger partial charge in [-0.05, 0) is 30.5 Å². The Kier molecular flexibility index (Phi) is 3.19. The zero-order valence-corrected chi connectivity index (χ0v) is 9.67. The number of carbonyl (C=O) groups excluding carboxylic acids is 1. The molecule has 0 atom stereocenters. The van der Waals surface area contributed by atoms with Gasteiger partial charge in [-0.15, -0.1) is 11.3 Å². The predicted octanol–water partition coefficient (Wildman–Crippen LogP) is 3.35. The standard InChI is InChI=1S/C14H10OS/c1-11(15)13-7-4-12(5-8-13)6-9-14-3-2-10-16-14/h2-5,7-8,10H,1H3. The Morgan fingerprint density at radius 2 is 1.88 bits per heavy atom. The molecule has 1 aromatic heterocycles. The monoisotopic (exact) mass is 226 g/mol. The maximum atomic E-state index is 11.1. The molecule has 0 bridgehead atoms. The van der Waals surface area contributed by atoms with Crippen LogP contribution in [0.25, 0.3) is 0 Å². The number of hydrogen-bond acceptors (Lipinski definition) is 2. The first-order valence-electron chi connectivity index (χ1n) is 4.92. The van der Waals surface area contributed by atoms with E-state index >= 15 is 0 Å². The van der Waals surface area contributed by atoms with Crippen LogP contribution < -0.4 is 0 Å². The Bertz CT molecular complexity index is 539. The van der Waals surface area contributed by atoms with Crippen molar-refractivity contribution in [2.24, 2.45) is 0 Å². The van der Waals surface area contributed by atoms with Gasteiger partial charge in [0, 0.05) is 11.1 Å². The van der Waals surface area contributed by atoms with Gasteiger partial charge in [-0.1, -0.05) is 30.0 Å². The van der Waals surface area contributed by atoms with Crippen LogP contribution >= 0.6 is 11.3 Å². The lowest BCUT2D eigenvalue weighted by atomic mass is 10.1. The highest BCUT2D eigenvalue weighted by Gasteiger charge is 1.96. The molecule has 0 saturated carbocycles. The molecule has 0 N–H and O–H groups in total. The van der Waals surface area contributed by atoms with Crippen LogP contribution in [0.1, 0.15) is 27.7 Å². The summed E-state index contributed by atoms with van der Waals surface area (Å²) >= 11 is 1.62. The van der Waals surface area contributed by atoms with E-state index in [2.05, 4.69) is 11.8 Å². The molecule has 16 heavy (non-hydrogen) atoms. The molecule has 0 spiro atoms. The molecule has 0 fully saturated rings. The topological polar surface area (TPSA) is 17.1 Å². The third kappa shape index (κ3) is 2.59. The number of hydrogen-bond donors (Lipinski definition) is 0. The summed E-state index contributed by atoms with van der Waals surface area (Å²) in [5.74, 6) is 6.22. The van der Waals surface area contributed by atoms with Crippen molar-refractivity contribution in [2.45, 2.75) is 6.92 Å². The van der Waals surface area contributed by atoms with E-state index in [9.17, 15) is 4.79 Å². The molecule has 2 rings (SSSR count). The lowest BCUT2D eigenvalue weighted by Gasteiger charge is -1.94. The highest BCUT2D eigenvalue weighted by atomic mass is 32.1. The van der Waals surface area contributed by atoms with Crippen molar-refractivity contribution in [3.05, 3.63) is 57.8 Å². The van der Waals surface area contributed by atoms with E-state index in [1.54, 1.807) is 30.4 Å². The molecule has 0 radical (unpaired) electrons. The number of rotatable bonds is 1. The van der Waals surface area contributed by atoms with Gasteiger partial charge in [0.2, 0.25) is 0 Å². The lowest BCUT2D eigenvalue weighted by molar-refractivity contribution is 0.101. The molecular weight excluding hydrogens is 216 g/mol. The molecule has 0 aliphatic carbocycles. The molecule has 1 heterocycles. The summed E-state index contributed by atoms with van der Waals surface area (Å²) in [5, 5.41) is 2.00. The number of benzene rings is 1. The van der Waals surface area contributed by atoms with E-state index in [1.807, 2.05) is 29.6 Å². The van der Waals surface area contributed by atoms with Gasteiger partial charge in [-0.3, -0.25) is 4.79 Å². The largest absolute Gasteiger partial charge is 0.295 e. The SMILES string of the molecule is CC(=O)c1ccc(C#Cc2cccs2)cc1. The predicted molar refractivity (Wildman–Crippen MR) is 66.7 cm³/mol. The molecule has 0 aliphatic heterocycles. The van der Waals surface area contributed by atoms with Crippen LogP contribution in [0.4, 0.5) is 0 Å². The molecule has 2 aromatic rings. The van der Waals surface area contributed by atoms with Crippen LogP contribution in [0.5, 0.6) is 0 Å². The summed E-state index contributed by atoms with van der Waals surface area (Å²) in [6.07, 6.45) is 0. The second-order valence-electron chi connectivity index (χ2n) is 3.36.